The van der Waals surface area contributed by atoms with Crippen LogP contribution in [-0.4, -0.2) is 4.98 Å². The Hall–Kier alpha value is -1.72. The average molecular weight is 223 g/mol. The highest BCUT2D eigenvalue weighted by atomic mass is 31.0. The monoisotopic (exact) mass is 223 g/mol. The van der Waals surface area contributed by atoms with Crippen LogP contribution in [0, 0.1) is 0 Å². The molecule has 16 heavy (non-hydrogen) atoms. The van der Waals surface area contributed by atoms with Gasteiger partial charge in [0, 0.05) is 11.8 Å². The van der Waals surface area contributed by atoms with Gasteiger partial charge in [-0.1, -0.05) is 50.7 Å². The molecule has 0 aliphatic carbocycles. The third-order valence-corrected chi connectivity index (χ3v) is 3.33. The minimum atomic E-state index is 1.07. The summed E-state index contributed by atoms with van der Waals surface area (Å²) in [5.74, 6) is 4.18. The molecule has 1 nitrogen and oxygen atoms in total. The predicted molar refractivity (Wildman–Crippen MR) is 69.7 cm³/mol. The van der Waals surface area contributed by atoms with Gasteiger partial charge in [0.25, 0.3) is 0 Å². The molecule has 76 valence electrons. The van der Waals surface area contributed by atoms with E-state index in [2.05, 4.69) is 53.2 Å². The Morgan fingerprint density at radius 2 is 1.81 bits per heavy atom. The lowest BCUT2D eigenvalue weighted by atomic mass is 10.0. The molecule has 0 aliphatic heterocycles. The van der Waals surface area contributed by atoms with Gasteiger partial charge in [-0.3, -0.25) is 4.98 Å². The Bertz CT molecular complexity index is 614. The van der Waals surface area contributed by atoms with E-state index < -0.39 is 0 Å². The highest BCUT2D eigenvalue weighted by molar-refractivity contribution is 7.28. The van der Waals surface area contributed by atoms with Gasteiger partial charge in [-0.15, -0.1) is 0 Å². The molecular weight excluding hydrogens is 213 g/mol. The van der Waals surface area contributed by atoms with Gasteiger partial charge in [0.15, 0.2) is 0 Å². The summed E-state index contributed by atoms with van der Waals surface area (Å²) < 4.78 is 0. The van der Waals surface area contributed by atoms with Crippen molar-refractivity contribution >= 4 is 19.0 Å². The highest BCUT2D eigenvalue weighted by Gasteiger charge is 2.02. The third kappa shape index (κ3) is 1.60. The van der Waals surface area contributed by atoms with Crippen LogP contribution < -0.4 is 0 Å². The number of hydrogen-bond acceptors (Lipinski definition) is 1. The van der Waals surface area contributed by atoms with Crippen molar-refractivity contribution in [2.75, 3.05) is 0 Å². The van der Waals surface area contributed by atoms with E-state index in [1.165, 1.54) is 24.5 Å². The van der Waals surface area contributed by atoms with E-state index in [4.69, 9.17) is 0 Å². The van der Waals surface area contributed by atoms with Crippen LogP contribution in [0.5, 0.6) is 0 Å². The number of hydrogen-bond donors (Lipinski definition) is 0. The minimum Gasteiger partial charge on any atom is -0.256 e. The first-order valence-corrected chi connectivity index (χ1v) is 6.22. The lowest BCUT2D eigenvalue weighted by Crippen LogP contribution is -1.82. The number of rotatable bonds is 1. The molecular formula is C14H10NP. The van der Waals surface area contributed by atoms with Gasteiger partial charge in [-0.25, -0.2) is 0 Å². The smallest absolute Gasteiger partial charge is 0.0753 e. The fourth-order valence-corrected chi connectivity index (χ4v) is 2.46. The fourth-order valence-electron chi connectivity index (χ4n) is 1.89. The normalized spacial score (nSPS) is 11.0. The summed E-state index contributed by atoms with van der Waals surface area (Å²) in [6.07, 6.45) is 1.87. The molecule has 1 heterocycles. The zero-order valence-corrected chi connectivity index (χ0v) is 9.56. The molecule has 3 aromatic rings. The molecule has 0 radical (unpaired) electrons. The zero-order valence-electron chi connectivity index (χ0n) is 8.67. The van der Waals surface area contributed by atoms with Crippen LogP contribution in [0.25, 0.3) is 22.0 Å². The molecule has 2 heteroatoms. The second-order valence-corrected chi connectivity index (χ2v) is 4.47. The quantitative estimate of drug-likeness (QED) is 0.592. The zero-order chi connectivity index (χ0) is 10.8. The molecule has 0 amide bonds. The van der Waals surface area contributed by atoms with Crippen LogP contribution in [0.4, 0.5) is 0 Å². The van der Waals surface area contributed by atoms with Crippen molar-refractivity contribution in [1.29, 1.82) is 0 Å². The van der Waals surface area contributed by atoms with Crippen molar-refractivity contribution in [2.24, 2.45) is 0 Å². The van der Waals surface area contributed by atoms with Crippen LogP contribution in [0.3, 0.4) is 0 Å². The first kappa shape index (κ1) is 9.50. The van der Waals surface area contributed by atoms with Crippen LogP contribution >= 0.6 is 8.19 Å². The Morgan fingerprint density at radius 1 is 0.938 bits per heavy atom. The van der Waals surface area contributed by atoms with Crippen LogP contribution in [0.15, 0.2) is 60.3 Å². The van der Waals surface area contributed by atoms with Gasteiger partial charge in [0.2, 0.25) is 0 Å². The van der Waals surface area contributed by atoms with E-state index in [0.29, 0.717) is 0 Å². The van der Waals surface area contributed by atoms with E-state index in [1.54, 1.807) is 0 Å². The standard InChI is InChI=1S/C14H10NP/c1-2-6-12-11(4-1)5-3-7-13(12)14-10-16-9-8-15-14/h1-10H. The number of aromatic nitrogens is 1. The summed E-state index contributed by atoms with van der Waals surface area (Å²) in [7, 11) is 1.21. The molecule has 1 aromatic heterocycles. The summed E-state index contributed by atoms with van der Waals surface area (Å²) in [6, 6.07) is 14.8. The number of benzene rings is 2. The molecule has 0 unspecified atom stereocenters. The van der Waals surface area contributed by atoms with Crippen molar-refractivity contribution < 1.29 is 0 Å². The first-order chi connectivity index (χ1) is 7.95. The van der Waals surface area contributed by atoms with Gasteiger partial charge in [-0.05, 0) is 22.4 Å². The van der Waals surface area contributed by atoms with E-state index in [-0.39, 0.29) is 0 Å². The maximum absolute atomic E-state index is 4.42. The van der Waals surface area contributed by atoms with Gasteiger partial charge in [0.05, 0.1) is 5.69 Å². The van der Waals surface area contributed by atoms with Crippen LogP contribution in [0.2, 0.25) is 0 Å². The van der Waals surface area contributed by atoms with Crippen LogP contribution in [0.1, 0.15) is 0 Å². The summed E-state index contributed by atoms with van der Waals surface area (Å²) in [6.45, 7) is 0. The second-order valence-electron chi connectivity index (χ2n) is 3.62. The van der Waals surface area contributed by atoms with Crippen molar-refractivity contribution in [3.05, 3.63) is 60.3 Å². The summed E-state index contributed by atoms with van der Waals surface area (Å²) >= 11 is 0. The van der Waals surface area contributed by atoms with Gasteiger partial charge >= 0.3 is 0 Å². The Kier molecular flexibility index (Phi) is 2.40. The van der Waals surface area contributed by atoms with Crippen LogP contribution in [-0.2, 0) is 0 Å². The maximum Gasteiger partial charge on any atom is 0.0753 e. The second kappa shape index (κ2) is 4.03. The minimum absolute atomic E-state index is 1.07. The molecule has 0 N–H and O–H groups in total. The van der Waals surface area contributed by atoms with E-state index in [1.807, 2.05) is 12.0 Å². The molecule has 2 aromatic carbocycles. The third-order valence-electron chi connectivity index (χ3n) is 2.63. The molecule has 0 spiro atoms. The average Bonchev–Trinajstić information content (AvgIpc) is 2.39. The molecule has 0 atom stereocenters. The number of fused-ring (bicyclic) bond motifs is 1. The highest BCUT2D eigenvalue weighted by Crippen LogP contribution is 2.28. The van der Waals surface area contributed by atoms with E-state index in [9.17, 15) is 0 Å². The Balaban J connectivity index is 2.32. The van der Waals surface area contributed by atoms with Gasteiger partial charge in [0.1, 0.15) is 0 Å². The molecule has 0 fully saturated rings. The van der Waals surface area contributed by atoms with E-state index in [0.717, 1.165) is 5.69 Å². The fraction of sp³-hybridized carbons (Fsp3) is 0. The van der Waals surface area contributed by atoms with Gasteiger partial charge < -0.3 is 0 Å². The maximum atomic E-state index is 4.42. The summed E-state index contributed by atoms with van der Waals surface area (Å²) in [5, 5.41) is 2.54. The van der Waals surface area contributed by atoms with E-state index >= 15 is 0 Å². The number of nitrogens with zero attached hydrogens (tertiary/aromatic N) is 1. The van der Waals surface area contributed by atoms with Crippen molar-refractivity contribution in [3.63, 3.8) is 0 Å². The predicted octanol–water partition coefficient (Wildman–Crippen LogP) is 4.48. The topological polar surface area (TPSA) is 12.9 Å². The molecule has 3 rings (SSSR count). The first-order valence-electron chi connectivity index (χ1n) is 5.19. The van der Waals surface area contributed by atoms with Gasteiger partial charge in [-0.2, -0.15) is 0 Å². The summed E-state index contributed by atoms with van der Waals surface area (Å²) in [5.41, 5.74) is 2.29. The Labute approximate surface area is 95.9 Å². The van der Waals surface area contributed by atoms with Crippen molar-refractivity contribution in [2.45, 2.75) is 0 Å². The molecule has 0 aliphatic rings. The summed E-state index contributed by atoms with van der Waals surface area (Å²) in [4.78, 5) is 4.42. The van der Waals surface area contributed by atoms with Crippen molar-refractivity contribution in [3.8, 4) is 11.3 Å². The molecule has 0 bridgehead atoms. The SMILES string of the molecule is c1ccc2c(-c3cpccn3)cccc2c1. The Morgan fingerprint density at radius 3 is 2.69 bits per heavy atom. The van der Waals surface area contributed by atoms with Crippen molar-refractivity contribution in [1.82, 2.24) is 4.98 Å². The molecule has 0 saturated heterocycles. The largest absolute Gasteiger partial charge is 0.256 e. The molecule has 0 saturated carbocycles. The lowest BCUT2D eigenvalue weighted by molar-refractivity contribution is 1.37. The lowest BCUT2D eigenvalue weighted by Gasteiger charge is -2.04.